The van der Waals surface area contributed by atoms with Gasteiger partial charge in [0.15, 0.2) is 0 Å². The van der Waals surface area contributed by atoms with Crippen LogP contribution in [0, 0.1) is 0 Å². The van der Waals surface area contributed by atoms with Crippen LogP contribution >= 0.6 is 11.6 Å². The van der Waals surface area contributed by atoms with E-state index >= 15 is 0 Å². The number of piperazine rings is 1. The smallest absolute Gasteiger partial charge is 0.337 e. The quantitative estimate of drug-likeness (QED) is 0.699. The van der Waals surface area contributed by atoms with E-state index in [0.717, 1.165) is 5.69 Å². The lowest BCUT2D eigenvalue weighted by molar-refractivity contribution is 0.0696. The molecule has 30 heavy (non-hydrogen) atoms. The SMILES string of the molecule is CC1CN(c2ncc(C(=O)O)cc2Cl)CCN1C(=O)Nc1ccc([Si](C)(C)C)cc1. The molecule has 2 aromatic rings. The van der Waals surface area contributed by atoms with Gasteiger partial charge in [-0.3, -0.25) is 0 Å². The number of pyridine rings is 1. The monoisotopic (exact) mass is 446 g/mol. The number of hydrogen-bond acceptors (Lipinski definition) is 4. The summed E-state index contributed by atoms with van der Waals surface area (Å²) in [7, 11) is -1.37. The van der Waals surface area contributed by atoms with Crippen molar-refractivity contribution in [2.24, 2.45) is 0 Å². The van der Waals surface area contributed by atoms with Crippen LogP contribution in [0.1, 0.15) is 17.3 Å². The molecule has 1 unspecified atom stereocenters. The van der Waals surface area contributed by atoms with Gasteiger partial charge < -0.3 is 20.2 Å². The molecule has 1 aromatic carbocycles. The van der Waals surface area contributed by atoms with Crippen LogP contribution in [-0.2, 0) is 0 Å². The average molecular weight is 447 g/mol. The second-order valence-electron chi connectivity index (χ2n) is 8.58. The normalized spacial score (nSPS) is 17.0. The number of aromatic nitrogens is 1. The number of amides is 2. The molecule has 1 aliphatic heterocycles. The Hall–Kier alpha value is -2.58. The van der Waals surface area contributed by atoms with Gasteiger partial charge in [-0.1, -0.05) is 48.6 Å². The van der Waals surface area contributed by atoms with Crippen molar-refractivity contribution in [3.63, 3.8) is 0 Å². The van der Waals surface area contributed by atoms with Gasteiger partial charge in [0.05, 0.1) is 18.7 Å². The van der Waals surface area contributed by atoms with E-state index in [1.807, 2.05) is 24.0 Å². The van der Waals surface area contributed by atoms with E-state index in [4.69, 9.17) is 16.7 Å². The molecule has 2 heterocycles. The van der Waals surface area contributed by atoms with Gasteiger partial charge in [0, 0.05) is 37.6 Å². The third-order valence-electron chi connectivity index (χ3n) is 5.26. The molecule has 9 heteroatoms. The number of nitrogens with one attached hydrogen (secondary N) is 1. The van der Waals surface area contributed by atoms with Gasteiger partial charge in [-0.25, -0.2) is 14.6 Å². The van der Waals surface area contributed by atoms with Crippen LogP contribution in [-0.4, -0.2) is 60.7 Å². The lowest BCUT2D eigenvalue weighted by atomic mass is 10.2. The molecule has 1 aromatic heterocycles. The van der Waals surface area contributed by atoms with Crippen LogP contribution in [0.15, 0.2) is 36.5 Å². The Morgan fingerprint density at radius 2 is 1.87 bits per heavy atom. The summed E-state index contributed by atoms with van der Waals surface area (Å²) in [5.41, 5.74) is 0.834. The van der Waals surface area contributed by atoms with Gasteiger partial charge in [0.2, 0.25) is 0 Å². The van der Waals surface area contributed by atoms with E-state index < -0.39 is 14.0 Å². The first kappa shape index (κ1) is 22.1. The number of aromatic carboxylic acids is 1. The van der Waals surface area contributed by atoms with Crippen LogP contribution in [0.4, 0.5) is 16.3 Å². The number of rotatable bonds is 4. The predicted molar refractivity (Wildman–Crippen MR) is 123 cm³/mol. The second-order valence-corrected chi connectivity index (χ2v) is 14.1. The largest absolute Gasteiger partial charge is 0.478 e. The Balaban J connectivity index is 1.64. The van der Waals surface area contributed by atoms with Gasteiger partial charge >= 0.3 is 12.0 Å². The first-order chi connectivity index (χ1) is 14.1. The van der Waals surface area contributed by atoms with E-state index in [2.05, 4.69) is 42.1 Å². The van der Waals surface area contributed by atoms with Gasteiger partial charge in [-0.15, -0.1) is 0 Å². The van der Waals surface area contributed by atoms with Crippen LogP contribution in [0.2, 0.25) is 24.7 Å². The van der Waals surface area contributed by atoms with Gasteiger partial charge in [0.25, 0.3) is 0 Å². The van der Waals surface area contributed by atoms with Crippen LogP contribution < -0.4 is 15.4 Å². The zero-order chi connectivity index (χ0) is 22.1. The molecule has 0 saturated carbocycles. The highest BCUT2D eigenvalue weighted by Crippen LogP contribution is 2.26. The third-order valence-corrected chi connectivity index (χ3v) is 7.60. The summed E-state index contributed by atoms with van der Waals surface area (Å²) in [6.07, 6.45) is 1.30. The van der Waals surface area contributed by atoms with E-state index in [-0.39, 0.29) is 17.6 Å². The number of carbonyl (C=O) groups is 2. The maximum atomic E-state index is 12.8. The zero-order valence-electron chi connectivity index (χ0n) is 17.6. The van der Waals surface area contributed by atoms with Crippen molar-refractivity contribution in [1.29, 1.82) is 0 Å². The Morgan fingerprint density at radius 1 is 1.20 bits per heavy atom. The van der Waals surface area contributed by atoms with Crippen molar-refractivity contribution in [2.75, 3.05) is 29.9 Å². The van der Waals surface area contributed by atoms with Gasteiger partial charge in [-0.2, -0.15) is 0 Å². The number of benzene rings is 1. The molecule has 2 amide bonds. The fraction of sp³-hybridized carbons (Fsp3) is 0.381. The van der Waals surface area contributed by atoms with Crippen molar-refractivity contribution >= 4 is 48.4 Å². The number of hydrogen-bond donors (Lipinski definition) is 2. The highest BCUT2D eigenvalue weighted by molar-refractivity contribution is 6.88. The predicted octanol–water partition coefficient (Wildman–Crippen LogP) is 3.72. The third kappa shape index (κ3) is 4.93. The molecule has 1 saturated heterocycles. The summed E-state index contributed by atoms with van der Waals surface area (Å²) in [4.78, 5) is 31.8. The Kier molecular flexibility index (Phi) is 6.38. The van der Waals surface area contributed by atoms with Crippen LogP contribution in [0.25, 0.3) is 0 Å². The van der Waals surface area contributed by atoms with Crippen LogP contribution in [0.5, 0.6) is 0 Å². The minimum absolute atomic E-state index is 0.0509. The topological polar surface area (TPSA) is 85.8 Å². The number of carboxylic acid groups (broad SMARTS) is 1. The van der Waals surface area contributed by atoms with Crippen molar-refractivity contribution in [2.45, 2.75) is 32.6 Å². The fourth-order valence-corrected chi connectivity index (χ4v) is 4.93. The maximum Gasteiger partial charge on any atom is 0.337 e. The highest BCUT2D eigenvalue weighted by Gasteiger charge is 2.29. The molecule has 0 aliphatic carbocycles. The standard InChI is InChI=1S/C21H27ClN4O3Si/c1-14-13-25(19-18(22)11-15(12-23-19)20(27)28)9-10-26(14)21(29)24-16-5-7-17(8-6-16)30(2,3)4/h5-8,11-12,14H,9-10,13H2,1-4H3,(H,24,29)(H,27,28). The molecule has 3 rings (SSSR count). The summed E-state index contributed by atoms with van der Waals surface area (Å²) in [6.45, 7) is 10.5. The van der Waals surface area contributed by atoms with Crippen molar-refractivity contribution in [3.05, 3.63) is 47.1 Å². The minimum atomic E-state index is -1.37. The number of nitrogens with zero attached hydrogens (tertiary/aromatic N) is 3. The molecule has 1 fully saturated rings. The maximum absolute atomic E-state index is 12.8. The highest BCUT2D eigenvalue weighted by atomic mass is 35.5. The van der Waals surface area contributed by atoms with E-state index in [1.165, 1.54) is 17.4 Å². The Morgan fingerprint density at radius 3 is 2.40 bits per heavy atom. The van der Waals surface area contributed by atoms with Gasteiger partial charge in [-0.05, 0) is 25.1 Å². The summed E-state index contributed by atoms with van der Waals surface area (Å²) >= 11 is 6.25. The first-order valence-electron chi connectivity index (χ1n) is 9.88. The number of carbonyl (C=O) groups excluding carboxylic acids is 1. The molecule has 0 spiro atoms. The summed E-state index contributed by atoms with van der Waals surface area (Å²) < 4.78 is 0. The molecule has 7 nitrogen and oxygen atoms in total. The Bertz CT molecular complexity index is 946. The molecule has 160 valence electrons. The minimum Gasteiger partial charge on any atom is -0.478 e. The number of carboxylic acids is 1. The molecule has 0 radical (unpaired) electrons. The molecular weight excluding hydrogens is 420 g/mol. The van der Waals surface area contributed by atoms with E-state index in [1.54, 1.807) is 4.90 Å². The molecule has 2 N–H and O–H groups in total. The lowest BCUT2D eigenvalue weighted by Crippen LogP contribution is -2.55. The second kappa shape index (κ2) is 8.65. The van der Waals surface area contributed by atoms with Crippen LogP contribution in [0.3, 0.4) is 0 Å². The number of halogens is 1. The molecular formula is C21H27ClN4O3Si. The average Bonchev–Trinajstić information content (AvgIpc) is 2.67. The lowest BCUT2D eigenvalue weighted by Gasteiger charge is -2.40. The van der Waals surface area contributed by atoms with Crippen molar-refractivity contribution in [1.82, 2.24) is 9.88 Å². The van der Waals surface area contributed by atoms with E-state index in [9.17, 15) is 9.59 Å². The Labute approximate surface area is 182 Å². The van der Waals surface area contributed by atoms with E-state index in [0.29, 0.717) is 30.5 Å². The van der Waals surface area contributed by atoms with Crippen molar-refractivity contribution in [3.8, 4) is 0 Å². The number of anilines is 2. The number of urea groups is 1. The summed E-state index contributed by atoms with van der Waals surface area (Å²) in [5.74, 6) is -0.529. The zero-order valence-corrected chi connectivity index (χ0v) is 19.4. The summed E-state index contributed by atoms with van der Waals surface area (Å²) in [5, 5.41) is 13.7. The fourth-order valence-electron chi connectivity index (χ4n) is 3.48. The molecule has 1 atom stereocenters. The van der Waals surface area contributed by atoms with Crippen molar-refractivity contribution < 1.29 is 14.7 Å². The van der Waals surface area contributed by atoms with Gasteiger partial charge in [0.1, 0.15) is 5.82 Å². The molecule has 1 aliphatic rings. The molecule has 0 bridgehead atoms. The first-order valence-corrected chi connectivity index (χ1v) is 13.8. The summed E-state index contributed by atoms with van der Waals surface area (Å²) in [6, 6.07) is 9.32.